The lowest BCUT2D eigenvalue weighted by molar-refractivity contribution is 0.101. The smallest absolute Gasteiger partial charge is 0.176 e. The SMILES string of the molecule is COc1cc(C)ccc1C(=O)CSC(C)(C)C. The van der Waals surface area contributed by atoms with Crippen molar-refractivity contribution in [3.8, 4) is 5.75 Å². The summed E-state index contributed by atoms with van der Waals surface area (Å²) in [5.41, 5.74) is 1.77. The first-order chi connectivity index (χ1) is 7.83. The second kappa shape index (κ2) is 5.58. The van der Waals surface area contributed by atoms with Crippen molar-refractivity contribution >= 4 is 17.5 Å². The highest BCUT2D eigenvalue weighted by Crippen LogP contribution is 2.26. The number of carbonyl (C=O) groups is 1. The van der Waals surface area contributed by atoms with Gasteiger partial charge in [-0.25, -0.2) is 0 Å². The molecule has 1 rings (SSSR count). The number of ketones is 1. The largest absolute Gasteiger partial charge is 0.496 e. The van der Waals surface area contributed by atoms with Gasteiger partial charge in [0, 0.05) is 4.75 Å². The number of hydrogen-bond donors (Lipinski definition) is 0. The molecule has 2 nitrogen and oxygen atoms in total. The molecule has 0 heterocycles. The van der Waals surface area contributed by atoms with Crippen molar-refractivity contribution in [3.05, 3.63) is 29.3 Å². The highest BCUT2D eigenvalue weighted by molar-refractivity contribution is 8.01. The Morgan fingerprint density at radius 2 is 2.00 bits per heavy atom. The van der Waals surface area contributed by atoms with Crippen molar-refractivity contribution in [2.75, 3.05) is 12.9 Å². The minimum Gasteiger partial charge on any atom is -0.496 e. The zero-order valence-corrected chi connectivity index (χ0v) is 12.0. The normalized spacial score (nSPS) is 11.4. The minimum atomic E-state index is 0.105. The lowest BCUT2D eigenvalue weighted by atomic mass is 10.1. The van der Waals surface area contributed by atoms with Crippen LogP contribution in [-0.2, 0) is 0 Å². The Labute approximate surface area is 108 Å². The zero-order chi connectivity index (χ0) is 13.1. The molecule has 0 atom stereocenters. The molecule has 0 unspecified atom stereocenters. The first-order valence-corrected chi connectivity index (χ1v) is 6.64. The predicted octanol–water partition coefficient (Wildman–Crippen LogP) is 3.72. The summed E-state index contributed by atoms with van der Waals surface area (Å²) in [7, 11) is 1.60. The number of rotatable bonds is 4. The van der Waals surface area contributed by atoms with Gasteiger partial charge in [-0.15, -0.1) is 11.8 Å². The summed E-state index contributed by atoms with van der Waals surface area (Å²) in [6, 6.07) is 5.69. The van der Waals surface area contributed by atoms with E-state index in [1.54, 1.807) is 18.9 Å². The third-order valence-electron chi connectivity index (χ3n) is 2.29. The Bertz CT molecular complexity index is 405. The number of methoxy groups -OCH3 is 1. The van der Waals surface area contributed by atoms with Gasteiger partial charge in [-0.2, -0.15) is 0 Å². The number of carbonyl (C=O) groups excluding carboxylic acids is 1. The summed E-state index contributed by atoms with van der Waals surface area (Å²) in [6.45, 7) is 8.31. The van der Waals surface area contributed by atoms with Crippen LogP contribution in [0.4, 0.5) is 0 Å². The summed E-state index contributed by atoms with van der Waals surface area (Å²) in [6.07, 6.45) is 0. The second-order valence-corrected chi connectivity index (χ2v) is 6.83. The van der Waals surface area contributed by atoms with Crippen LogP contribution >= 0.6 is 11.8 Å². The van der Waals surface area contributed by atoms with Crippen LogP contribution in [0.15, 0.2) is 18.2 Å². The number of thioether (sulfide) groups is 1. The Balaban J connectivity index is 2.82. The van der Waals surface area contributed by atoms with Gasteiger partial charge in [0.15, 0.2) is 5.78 Å². The van der Waals surface area contributed by atoms with E-state index in [9.17, 15) is 4.79 Å². The van der Waals surface area contributed by atoms with E-state index in [1.807, 2.05) is 25.1 Å². The van der Waals surface area contributed by atoms with Gasteiger partial charge in [0.05, 0.1) is 18.4 Å². The van der Waals surface area contributed by atoms with Crippen LogP contribution in [0.3, 0.4) is 0 Å². The second-order valence-electron chi connectivity index (χ2n) is 5.03. The maximum absolute atomic E-state index is 12.1. The molecule has 1 aromatic rings. The molecule has 0 aliphatic rings. The van der Waals surface area contributed by atoms with E-state index in [0.717, 1.165) is 5.56 Å². The van der Waals surface area contributed by atoms with E-state index in [0.29, 0.717) is 17.1 Å². The van der Waals surface area contributed by atoms with Crippen LogP contribution < -0.4 is 4.74 Å². The van der Waals surface area contributed by atoms with E-state index < -0.39 is 0 Å². The van der Waals surface area contributed by atoms with E-state index in [-0.39, 0.29) is 10.5 Å². The van der Waals surface area contributed by atoms with Crippen molar-refractivity contribution in [2.45, 2.75) is 32.4 Å². The molecule has 0 N–H and O–H groups in total. The third kappa shape index (κ3) is 4.43. The summed E-state index contributed by atoms with van der Waals surface area (Å²) in [5, 5.41) is 0. The van der Waals surface area contributed by atoms with Crippen LogP contribution in [0.2, 0.25) is 0 Å². The lowest BCUT2D eigenvalue weighted by Gasteiger charge is -2.17. The first kappa shape index (κ1) is 14.1. The molecule has 0 amide bonds. The Kier molecular flexibility index (Phi) is 4.63. The molecular formula is C14H20O2S. The lowest BCUT2D eigenvalue weighted by Crippen LogP contribution is -2.13. The van der Waals surface area contributed by atoms with E-state index >= 15 is 0 Å². The van der Waals surface area contributed by atoms with Gasteiger partial charge in [0.25, 0.3) is 0 Å². The molecule has 0 aliphatic heterocycles. The van der Waals surface area contributed by atoms with Crippen molar-refractivity contribution in [1.82, 2.24) is 0 Å². The molecule has 0 saturated carbocycles. The quantitative estimate of drug-likeness (QED) is 0.764. The number of ether oxygens (including phenoxy) is 1. The first-order valence-electron chi connectivity index (χ1n) is 5.65. The molecule has 1 aromatic carbocycles. The summed E-state index contributed by atoms with van der Waals surface area (Å²) in [4.78, 5) is 12.1. The van der Waals surface area contributed by atoms with Gasteiger partial charge in [0.1, 0.15) is 5.75 Å². The monoisotopic (exact) mass is 252 g/mol. The molecule has 94 valence electrons. The highest BCUT2D eigenvalue weighted by atomic mass is 32.2. The predicted molar refractivity (Wildman–Crippen MR) is 74.3 cm³/mol. The van der Waals surface area contributed by atoms with Crippen LogP contribution in [0.1, 0.15) is 36.7 Å². The molecule has 0 bridgehead atoms. The van der Waals surface area contributed by atoms with Gasteiger partial charge in [-0.05, 0) is 24.6 Å². The maximum atomic E-state index is 12.1. The van der Waals surface area contributed by atoms with E-state index in [2.05, 4.69) is 20.8 Å². The van der Waals surface area contributed by atoms with Crippen LogP contribution in [0.5, 0.6) is 5.75 Å². The molecule has 0 radical (unpaired) electrons. The summed E-state index contributed by atoms with van der Waals surface area (Å²) in [5.74, 6) is 1.29. The highest BCUT2D eigenvalue weighted by Gasteiger charge is 2.17. The van der Waals surface area contributed by atoms with Crippen molar-refractivity contribution in [1.29, 1.82) is 0 Å². The Morgan fingerprint density at radius 1 is 1.35 bits per heavy atom. The fourth-order valence-electron chi connectivity index (χ4n) is 1.39. The van der Waals surface area contributed by atoms with Gasteiger partial charge < -0.3 is 4.74 Å². The Hall–Kier alpha value is -0.960. The zero-order valence-electron chi connectivity index (χ0n) is 11.2. The molecular weight excluding hydrogens is 232 g/mol. The molecule has 0 aliphatic carbocycles. The van der Waals surface area contributed by atoms with Crippen molar-refractivity contribution < 1.29 is 9.53 Å². The van der Waals surface area contributed by atoms with Crippen molar-refractivity contribution in [2.24, 2.45) is 0 Å². The molecule has 0 spiro atoms. The molecule has 17 heavy (non-hydrogen) atoms. The van der Waals surface area contributed by atoms with Crippen LogP contribution in [0, 0.1) is 6.92 Å². The number of aryl methyl sites for hydroxylation is 1. The average Bonchev–Trinajstić information content (AvgIpc) is 2.24. The fraction of sp³-hybridized carbons (Fsp3) is 0.500. The molecule has 3 heteroatoms. The van der Waals surface area contributed by atoms with Gasteiger partial charge in [-0.1, -0.05) is 26.8 Å². The average molecular weight is 252 g/mol. The van der Waals surface area contributed by atoms with Crippen LogP contribution in [-0.4, -0.2) is 23.4 Å². The number of benzene rings is 1. The Morgan fingerprint density at radius 3 is 2.53 bits per heavy atom. The van der Waals surface area contributed by atoms with E-state index in [1.165, 1.54) is 0 Å². The van der Waals surface area contributed by atoms with Crippen LogP contribution in [0.25, 0.3) is 0 Å². The summed E-state index contributed by atoms with van der Waals surface area (Å²) < 4.78 is 5.35. The third-order valence-corrected chi connectivity index (χ3v) is 3.57. The van der Waals surface area contributed by atoms with Gasteiger partial charge in [0.2, 0.25) is 0 Å². The maximum Gasteiger partial charge on any atom is 0.176 e. The standard InChI is InChI=1S/C14H20O2S/c1-10-6-7-11(13(8-10)16-5)12(15)9-17-14(2,3)4/h6-8H,9H2,1-5H3. The molecule has 0 saturated heterocycles. The topological polar surface area (TPSA) is 26.3 Å². The fourth-order valence-corrected chi connectivity index (χ4v) is 2.11. The number of hydrogen-bond acceptors (Lipinski definition) is 3. The minimum absolute atomic E-state index is 0.105. The van der Waals surface area contributed by atoms with Gasteiger partial charge in [-0.3, -0.25) is 4.79 Å². The molecule has 0 aromatic heterocycles. The molecule has 0 fully saturated rings. The number of Topliss-reactive ketones (excluding diaryl/α,β-unsaturated/α-hetero) is 1. The van der Waals surface area contributed by atoms with Crippen molar-refractivity contribution in [3.63, 3.8) is 0 Å². The van der Waals surface area contributed by atoms with Gasteiger partial charge >= 0.3 is 0 Å². The van der Waals surface area contributed by atoms with E-state index in [4.69, 9.17) is 4.74 Å². The summed E-state index contributed by atoms with van der Waals surface area (Å²) >= 11 is 1.65.